The van der Waals surface area contributed by atoms with Crippen molar-refractivity contribution in [2.75, 3.05) is 6.61 Å². The highest BCUT2D eigenvalue weighted by atomic mass is 16.5. The zero-order chi connectivity index (χ0) is 9.97. The average molecular weight is 189 g/mol. The first-order valence-corrected chi connectivity index (χ1v) is 5.08. The fourth-order valence-corrected chi connectivity index (χ4v) is 1.58. The van der Waals surface area contributed by atoms with Crippen LogP contribution >= 0.6 is 0 Å². The molecule has 0 fully saturated rings. The minimum atomic E-state index is 0.351. The van der Waals surface area contributed by atoms with Gasteiger partial charge < -0.3 is 4.74 Å². The molecule has 1 aromatic rings. The van der Waals surface area contributed by atoms with E-state index in [9.17, 15) is 0 Å². The van der Waals surface area contributed by atoms with E-state index >= 15 is 0 Å². The van der Waals surface area contributed by atoms with Gasteiger partial charge in [-0.1, -0.05) is 25.1 Å². The zero-order valence-corrected chi connectivity index (χ0v) is 8.66. The van der Waals surface area contributed by atoms with Gasteiger partial charge in [0.05, 0.1) is 6.04 Å². The number of aliphatic imine (C=N–C) groups is 1. The molecule has 14 heavy (non-hydrogen) atoms. The molecular formula is C12H15NO. The highest BCUT2D eigenvalue weighted by Gasteiger charge is 2.18. The van der Waals surface area contributed by atoms with Gasteiger partial charge >= 0.3 is 0 Å². The molecule has 1 aliphatic rings. The van der Waals surface area contributed by atoms with Crippen molar-refractivity contribution < 1.29 is 4.74 Å². The molecule has 0 bridgehead atoms. The van der Waals surface area contributed by atoms with Gasteiger partial charge in [0.2, 0.25) is 5.90 Å². The van der Waals surface area contributed by atoms with Gasteiger partial charge in [-0.3, -0.25) is 0 Å². The van der Waals surface area contributed by atoms with E-state index in [0.717, 1.165) is 24.5 Å². The number of hydrogen-bond donors (Lipinski definition) is 0. The van der Waals surface area contributed by atoms with Gasteiger partial charge in [-0.25, -0.2) is 4.99 Å². The van der Waals surface area contributed by atoms with Crippen molar-refractivity contribution in [3.63, 3.8) is 0 Å². The molecule has 2 nitrogen and oxygen atoms in total. The van der Waals surface area contributed by atoms with Crippen molar-refractivity contribution >= 4 is 5.90 Å². The average Bonchev–Trinajstić information content (AvgIpc) is 2.67. The van der Waals surface area contributed by atoms with Crippen molar-refractivity contribution in [1.82, 2.24) is 0 Å². The molecule has 0 saturated carbocycles. The van der Waals surface area contributed by atoms with Gasteiger partial charge in [0.15, 0.2) is 0 Å². The molecule has 1 atom stereocenters. The molecule has 0 aliphatic carbocycles. The number of ether oxygens (including phenoxy) is 1. The van der Waals surface area contributed by atoms with Gasteiger partial charge in [-0.05, 0) is 25.0 Å². The Morgan fingerprint density at radius 3 is 2.86 bits per heavy atom. The van der Waals surface area contributed by atoms with Gasteiger partial charge in [0.1, 0.15) is 6.61 Å². The Hall–Kier alpha value is -1.31. The number of nitrogens with zero attached hydrogens (tertiary/aromatic N) is 1. The third-order valence-corrected chi connectivity index (χ3v) is 2.56. The molecule has 2 heteroatoms. The van der Waals surface area contributed by atoms with Crippen LogP contribution < -0.4 is 0 Å². The third kappa shape index (κ3) is 1.65. The van der Waals surface area contributed by atoms with Gasteiger partial charge in [-0.2, -0.15) is 0 Å². The second-order valence-electron chi connectivity index (χ2n) is 3.62. The fraction of sp³-hybridized carbons (Fsp3) is 0.417. The number of aryl methyl sites for hydroxylation is 1. The summed E-state index contributed by atoms with van der Waals surface area (Å²) in [6.45, 7) is 4.96. The summed E-state index contributed by atoms with van der Waals surface area (Å²) in [6, 6.07) is 8.55. The van der Waals surface area contributed by atoms with Crippen LogP contribution in [0.1, 0.15) is 24.5 Å². The lowest BCUT2D eigenvalue weighted by Crippen LogP contribution is -2.04. The molecular weight excluding hydrogens is 174 g/mol. The van der Waals surface area contributed by atoms with Crippen LogP contribution in [-0.4, -0.2) is 18.5 Å². The van der Waals surface area contributed by atoms with Gasteiger partial charge in [0.25, 0.3) is 0 Å². The summed E-state index contributed by atoms with van der Waals surface area (Å²) >= 11 is 0. The first-order valence-electron chi connectivity index (χ1n) is 5.08. The summed E-state index contributed by atoms with van der Waals surface area (Å²) in [5.74, 6) is 0.815. The second-order valence-corrected chi connectivity index (χ2v) is 3.62. The van der Waals surface area contributed by atoms with Crippen molar-refractivity contribution in [3.8, 4) is 0 Å². The lowest BCUT2D eigenvalue weighted by atomic mass is 10.1. The van der Waals surface area contributed by atoms with Crippen LogP contribution in [-0.2, 0) is 4.74 Å². The van der Waals surface area contributed by atoms with Crippen LogP contribution in [0.3, 0.4) is 0 Å². The Morgan fingerprint density at radius 2 is 2.21 bits per heavy atom. The predicted molar refractivity (Wildman–Crippen MR) is 57.7 cm³/mol. The molecule has 1 aliphatic heterocycles. The van der Waals surface area contributed by atoms with Crippen molar-refractivity contribution in [2.45, 2.75) is 26.3 Å². The molecule has 1 heterocycles. The van der Waals surface area contributed by atoms with Crippen LogP contribution in [0.15, 0.2) is 29.3 Å². The van der Waals surface area contributed by atoms with Crippen molar-refractivity contribution in [3.05, 3.63) is 35.4 Å². The first kappa shape index (κ1) is 9.25. The maximum atomic E-state index is 5.57. The largest absolute Gasteiger partial charge is 0.475 e. The zero-order valence-electron chi connectivity index (χ0n) is 8.66. The normalized spacial score (nSPS) is 20.4. The van der Waals surface area contributed by atoms with Crippen LogP contribution in [0.25, 0.3) is 0 Å². The molecule has 0 aromatic heterocycles. The molecule has 0 saturated heterocycles. The molecule has 1 unspecified atom stereocenters. The molecule has 0 N–H and O–H groups in total. The Bertz CT molecular complexity index is 357. The first-order chi connectivity index (χ1) is 6.81. The standard InChI is InChI=1S/C12H15NO/c1-3-10-8-14-12(13-10)11-7-5-4-6-9(11)2/h4-7,10H,3,8H2,1-2H3. The molecule has 0 radical (unpaired) electrons. The molecule has 74 valence electrons. The van der Waals surface area contributed by atoms with Crippen LogP contribution in [0.5, 0.6) is 0 Å². The topological polar surface area (TPSA) is 21.6 Å². The van der Waals surface area contributed by atoms with E-state index in [2.05, 4.69) is 31.0 Å². The SMILES string of the molecule is CCC1COC(c2ccccc2C)=N1. The Kier molecular flexibility index (Phi) is 2.53. The van der Waals surface area contributed by atoms with Crippen LogP contribution in [0.2, 0.25) is 0 Å². The van der Waals surface area contributed by atoms with E-state index in [-0.39, 0.29) is 0 Å². The summed E-state index contributed by atoms with van der Waals surface area (Å²) in [5, 5.41) is 0. The van der Waals surface area contributed by atoms with E-state index in [1.54, 1.807) is 0 Å². The summed E-state index contributed by atoms with van der Waals surface area (Å²) in [4.78, 5) is 4.53. The van der Waals surface area contributed by atoms with E-state index in [0.29, 0.717) is 6.04 Å². The second kappa shape index (κ2) is 3.82. The smallest absolute Gasteiger partial charge is 0.216 e. The summed E-state index contributed by atoms with van der Waals surface area (Å²) in [5.41, 5.74) is 2.35. The van der Waals surface area contributed by atoms with E-state index in [1.807, 2.05) is 12.1 Å². The monoisotopic (exact) mass is 189 g/mol. The summed E-state index contributed by atoms with van der Waals surface area (Å²) in [6.07, 6.45) is 1.05. The number of rotatable bonds is 2. The van der Waals surface area contributed by atoms with Crippen molar-refractivity contribution in [1.29, 1.82) is 0 Å². The predicted octanol–water partition coefficient (Wildman–Crippen LogP) is 2.55. The minimum Gasteiger partial charge on any atom is -0.475 e. The van der Waals surface area contributed by atoms with Crippen LogP contribution in [0, 0.1) is 6.92 Å². The van der Waals surface area contributed by atoms with Gasteiger partial charge in [-0.15, -0.1) is 0 Å². The van der Waals surface area contributed by atoms with E-state index < -0.39 is 0 Å². The maximum absolute atomic E-state index is 5.57. The Morgan fingerprint density at radius 1 is 1.43 bits per heavy atom. The summed E-state index contributed by atoms with van der Waals surface area (Å²) in [7, 11) is 0. The molecule has 0 spiro atoms. The Balaban J connectivity index is 2.28. The highest BCUT2D eigenvalue weighted by molar-refractivity contribution is 5.96. The maximum Gasteiger partial charge on any atom is 0.216 e. The third-order valence-electron chi connectivity index (χ3n) is 2.56. The fourth-order valence-electron chi connectivity index (χ4n) is 1.58. The quantitative estimate of drug-likeness (QED) is 0.700. The highest BCUT2D eigenvalue weighted by Crippen LogP contribution is 2.16. The van der Waals surface area contributed by atoms with E-state index in [1.165, 1.54) is 5.56 Å². The van der Waals surface area contributed by atoms with Gasteiger partial charge in [0, 0.05) is 5.56 Å². The van der Waals surface area contributed by atoms with Crippen LogP contribution in [0.4, 0.5) is 0 Å². The summed E-state index contributed by atoms with van der Waals surface area (Å²) < 4.78 is 5.57. The Labute approximate surface area is 84.6 Å². The molecule has 1 aromatic carbocycles. The number of benzene rings is 1. The lowest BCUT2D eigenvalue weighted by Gasteiger charge is -2.03. The van der Waals surface area contributed by atoms with Crippen molar-refractivity contribution in [2.24, 2.45) is 4.99 Å². The number of hydrogen-bond acceptors (Lipinski definition) is 2. The minimum absolute atomic E-state index is 0.351. The molecule has 0 amide bonds. The lowest BCUT2D eigenvalue weighted by molar-refractivity contribution is 0.315. The molecule has 2 rings (SSSR count). The van der Waals surface area contributed by atoms with E-state index in [4.69, 9.17) is 4.74 Å².